The number of nitrogens with zero attached hydrogens (tertiary/aromatic N) is 1. The largest absolute Gasteiger partial charge is 0.366 e. The number of likely N-dealkylation sites (tertiary alicyclic amines) is 1. The van der Waals surface area contributed by atoms with Crippen LogP contribution >= 0.6 is 0 Å². The first-order valence-corrected chi connectivity index (χ1v) is 5.20. The number of rotatable bonds is 1. The van der Waals surface area contributed by atoms with Gasteiger partial charge in [0.2, 0.25) is 11.8 Å². The highest BCUT2D eigenvalue weighted by atomic mass is 16.2. The lowest BCUT2D eigenvalue weighted by atomic mass is 10.2. The van der Waals surface area contributed by atoms with Crippen molar-refractivity contribution in [3.05, 3.63) is 35.9 Å². The molecule has 2 N–H and O–H groups in total. The van der Waals surface area contributed by atoms with E-state index in [0.717, 1.165) is 19.4 Å². The van der Waals surface area contributed by atoms with Crippen LogP contribution in [0.1, 0.15) is 23.2 Å². The molecule has 1 fully saturated rings. The van der Waals surface area contributed by atoms with Gasteiger partial charge in [0.1, 0.15) is 0 Å². The van der Waals surface area contributed by atoms with Crippen molar-refractivity contribution in [3.63, 3.8) is 0 Å². The van der Waals surface area contributed by atoms with E-state index in [-0.39, 0.29) is 5.91 Å². The molecule has 0 bridgehead atoms. The van der Waals surface area contributed by atoms with Crippen molar-refractivity contribution in [2.45, 2.75) is 12.8 Å². The molecule has 4 heteroatoms. The SMILES string of the molecule is CN1CCCC1=O.NC(=O)c1ccccc1. The molecule has 0 aliphatic carbocycles. The maximum Gasteiger partial charge on any atom is 0.248 e. The molecule has 0 atom stereocenters. The molecule has 0 saturated carbocycles. The molecule has 1 aromatic rings. The normalized spacial score (nSPS) is 14.3. The van der Waals surface area contributed by atoms with E-state index in [0.29, 0.717) is 11.5 Å². The molecule has 1 saturated heterocycles. The number of primary amides is 1. The van der Waals surface area contributed by atoms with E-state index in [4.69, 9.17) is 5.73 Å². The molecule has 0 radical (unpaired) electrons. The maximum atomic E-state index is 10.5. The summed E-state index contributed by atoms with van der Waals surface area (Å²) in [6.07, 6.45) is 1.81. The van der Waals surface area contributed by atoms with Crippen LogP contribution in [0.2, 0.25) is 0 Å². The van der Waals surface area contributed by atoms with Crippen molar-refractivity contribution in [2.24, 2.45) is 5.73 Å². The van der Waals surface area contributed by atoms with E-state index in [1.54, 1.807) is 29.2 Å². The van der Waals surface area contributed by atoms with Crippen molar-refractivity contribution < 1.29 is 9.59 Å². The number of nitrogens with two attached hydrogens (primary N) is 1. The standard InChI is InChI=1S/C7H7NO.C5H9NO/c8-7(9)6-4-2-1-3-5-6;1-6-4-2-3-5(6)7/h1-5H,(H2,8,9);2-4H2,1H3. The predicted octanol–water partition coefficient (Wildman–Crippen LogP) is 1.02. The van der Waals surface area contributed by atoms with Gasteiger partial charge in [0.05, 0.1) is 0 Å². The first kappa shape index (κ1) is 12.2. The Kier molecular flexibility index (Phi) is 4.51. The van der Waals surface area contributed by atoms with Crippen LogP contribution in [0.5, 0.6) is 0 Å². The van der Waals surface area contributed by atoms with Gasteiger partial charge < -0.3 is 10.6 Å². The lowest BCUT2D eigenvalue weighted by molar-refractivity contribution is -0.126. The third kappa shape index (κ3) is 3.73. The van der Waals surface area contributed by atoms with Crippen LogP contribution in [0.15, 0.2) is 30.3 Å². The van der Waals surface area contributed by atoms with Crippen molar-refractivity contribution >= 4 is 11.8 Å². The fourth-order valence-corrected chi connectivity index (χ4v) is 1.39. The van der Waals surface area contributed by atoms with E-state index >= 15 is 0 Å². The molecular weight excluding hydrogens is 204 g/mol. The average Bonchev–Trinajstić information content (AvgIpc) is 2.65. The van der Waals surface area contributed by atoms with Crippen molar-refractivity contribution in [1.82, 2.24) is 4.90 Å². The van der Waals surface area contributed by atoms with E-state index in [1.165, 1.54) is 0 Å². The zero-order chi connectivity index (χ0) is 12.0. The fourth-order valence-electron chi connectivity index (χ4n) is 1.39. The summed E-state index contributed by atoms with van der Waals surface area (Å²) in [5, 5.41) is 0. The summed E-state index contributed by atoms with van der Waals surface area (Å²) in [6.45, 7) is 0.957. The van der Waals surface area contributed by atoms with Crippen molar-refractivity contribution in [1.29, 1.82) is 0 Å². The molecule has 4 nitrogen and oxygen atoms in total. The minimum Gasteiger partial charge on any atom is -0.366 e. The van der Waals surface area contributed by atoms with Gasteiger partial charge in [0.15, 0.2) is 0 Å². The Labute approximate surface area is 95.0 Å². The first-order valence-electron chi connectivity index (χ1n) is 5.20. The summed E-state index contributed by atoms with van der Waals surface area (Å²) in [5.41, 5.74) is 5.53. The summed E-state index contributed by atoms with van der Waals surface area (Å²) >= 11 is 0. The van der Waals surface area contributed by atoms with Crippen molar-refractivity contribution in [3.8, 4) is 0 Å². The van der Waals surface area contributed by atoms with Gasteiger partial charge in [-0.1, -0.05) is 18.2 Å². The third-order valence-electron chi connectivity index (χ3n) is 2.37. The number of hydrogen-bond donors (Lipinski definition) is 1. The molecule has 1 aromatic carbocycles. The molecule has 86 valence electrons. The molecule has 1 aliphatic rings. The second-order valence-electron chi connectivity index (χ2n) is 3.65. The Bertz CT molecular complexity index is 363. The van der Waals surface area contributed by atoms with Gasteiger partial charge in [-0.15, -0.1) is 0 Å². The number of carbonyl (C=O) groups is 2. The van der Waals surface area contributed by atoms with E-state index in [2.05, 4.69) is 0 Å². The molecular formula is C12H16N2O2. The summed E-state index contributed by atoms with van der Waals surface area (Å²) in [5.74, 6) is -0.0874. The van der Waals surface area contributed by atoms with Gasteiger partial charge in [-0.25, -0.2) is 0 Å². The lowest BCUT2D eigenvalue weighted by Crippen LogP contribution is -2.17. The average molecular weight is 220 g/mol. The summed E-state index contributed by atoms with van der Waals surface area (Å²) < 4.78 is 0. The van der Waals surface area contributed by atoms with Gasteiger partial charge in [0, 0.05) is 25.6 Å². The van der Waals surface area contributed by atoms with Crippen LogP contribution in [-0.2, 0) is 4.79 Å². The Morgan fingerprint density at radius 1 is 1.31 bits per heavy atom. The lowest BCUT2D eigenvalue weighted by Gasteiger charge is -2.03. The second-order valence-corrected chi connectivity index (χ2v) is 3.65. The Morgan fingerprint density at radius 3 is 2.19 bits per heavy atom. The van der Waals surface area contributed by atoms with Crippen LogP contribution in [-0.4, -0.2) is 30.3 Å². The Hall–Kier alpha value is -1.84. The summed E-state index contributed by atoms with van der Waals surface area (Å²) in [7, 11) is 1.84. The van der Waals surface area contributed by atoms with Crippen LogP contribution in [0, 0.1) is 0 Å². The molecule has 2 amide bonds. The zero-order valence-corrected chi connectivity index (χ0v) is 9.35. The number of amides is 2. The highest BCUT2D eigenvalue weighted by Crippen LogP contribution is 2.04. The van der Waals surface area contributed by atoms with Gasteiger partial charge >= 0.3 is 0 Å². The molecule has 1 heterocycles. The Morgan fingerprint density at radius 2 is 1.94 bits per heavy atom. The van der Waals surface area contributed by atoms with E-state index in [9.17, 15) is 9.59 Å². The molecule has 0 unspecified atom stereocenters. The summed E-state index contributed by atoms with van der Waals surface area (Å²) in [4.78, 5) is 22.7. The van der Waals surface area contributed by atoms with Crippen LogP contribution in [0.25, 0.3) is 0 Å². The predicted molar refractivity (Wildman–Crippen MR) is 61.8 cm³/mol. The third-order valence-corrected chi connectivity index (χ3v) is 2.37. The maximum absolute atomic E-state index is 10.5. The number of hydrogen-bond acceptors (Lipinski definition) is 2. The topological polar surface area (TPSA) is 63.4 Å². The van der Waals surface area contributed by atoms with Crippen LogP contribution in [0.3, 0.4) is 0 Å². The molecule has 0 spiro atoms. The van der Waals surface area contributed by atoms with E-state index in [1.807, 2.05) is 13.1 Å². The van der Waals surface area contributed by atoms with Gasteiger partial charge in [0.25, 0.3) is 0 Å². The molecule has 1 aliphatic heterocycles. The van der Waals surface area contributed by atoms with Gasteiger partial charge in [-0.3, -0.25) is 9.59 Å². The minimum atomic E-state index is -0.379. The van der Waals surface area contributed by atoms with Gasteiger partial charge in [-0.2, -0.15) is 0 Å². The highest BCUT2D eigenvalue weighted by Gasteiger charge is 2.14. The quantitative estimate of drug-likeness (QED) is 0.768. The second kappa shape index (κ2) is 5.90. The highest BCUT2D eigenvalue weighted by molar-refractivity contribution is 5.92. The first-order chi connectivity index (χ1) is 7.61. The fraction of sp³-hybridized carbons (Fsp3) is 0.333. The van der Waals surface area contributed by atoms with Gasteiger partial charge in [-0.05, 0) is 18.6 Å². The summed E-state index contributed by atoms with van der Waals surface area (Å²) in [6, 6.07) is 8.76. The Balaban J connectivity index is 0.000000165. The molecule has 2 rings (SSSR count). The molecule has 16 heavy (non-hydrogen) atoms. The van der Waals surface area contributed by atoms with Crippen LogP contribution < -0.4 is 5.73 Å². The number of benzene rings is 1. The van der Waals surface area contributed by atoms with Crippen LogP contribution in [0.4, 0.5) is 0 Å². The molecule has 0 aromatic heterocycles. The number of carbonyl (C=O) groups excluding carboxylic acids is 2. The monoisotopic (exact) mass is 220 g/mol. The smallest absolute Gasteiger partial charge is 0.248 e. The minimum absolute atomic E-state index is 0.292. The zero-order valence-electron chi connectivity index (χ0n) is 9.35. The van der Waals surface area contributed by atoms with E-state index < -0.39 is 0 Å². The van der Waals surface area contributed by atoms with Crippen molar-refractivity contribution in [2.75, 3.05) is 13.6 Å².